The highest BCUT2D eigenvalue weighted by molar-refractivity contribution is 9.10. The Labute approximate surface area is 116 Å². The summed E-state index contributed by atoms with van der Waals surface area (Å²) in [5, 5.41) is 2.83. The number of methoxy groups -OCH3 is 1. The molecule has 1 unspecified atom stereocenters. The Bertz CT molecular complexity index is 384. The second-order valence-electron chi connectivity index (χ2n) is 3.73. The molecule has 0 spiro atoms. The molecule has 100 valence electrons. The smallest absolute Gasteiger partial charge is 0.238 e. The first-order valence-electron chi connectivity index (χ1n) is 5.84. The van der Waals surface area contributed by atoms with Crippen LogP contribution in [0, 0.1) is 0 Å². The maximum absolute atomic E-state index is 11.7. The molecule has 0 aliphatic rings. The topological polar surface area (TPSA) is 47.6 Å². The lowest BCUT2D eigenvalue weighted by atomic mass is 10.2. The number of nitrogens with one attached hydrogen (secondary N) is 1. The third-order valence-electron chi connectivity index (χ3n) is 2.30. The van der Waals surface area contributed by atoms with Crippen molar-refractivity contribution in [3.8, 4) is 5.75 Å². The molecular weight excluding hydrogens is 298 g/mol. The van der Waals surface area contributed by atoms with Crippen molar-refractivity contribution in [2.24, 2.45) is 0 Å². The molecule has 0 bridgehead atoms. The summed E-state index contributed by atoms with van der Waals surface area (Å²) in [7, 11) is 1.63. The molecule has 0 saturated carbocycles. The Hall–Kier alpha value is -1.07. The van der Waals surface area contributed by atoms with E-state index in [0.29, 0.717) is 19.0 Å². The number of rotatable bonds is 7. The predicted molar refractivity (Wildman–Crippen MR) is 75.4 cm³/mol. The van der Waals surface area contributed by atoms with Crippen molar-refractivity contribution in [3.63, 3.8) is 0 Å². The molecule has 1 rings (SSSR count). The number of hydrogen-bond acceptors (Lipinski definition) is 3. The van der Waals surface area contributed by atoms with E-state index >= 15 is 0 Å². The van der Waals surface area contributed by atoms with Gasteiger partial charge in [0, 0.05) is 18.9 Å². The van der Waals surface area contributed by atoms with Crippen molar-refractivity contribution in [1.29, 1.82) is 0 Å². The zero-order chi connectivity index (χ0) is 13.4. The number of carbonyl (C=O) groups is 1. The van der Waals surface area contributed by atoms with Gasteiger partial charge in [-0.05, 0) is 18.6 Å². The fourth-order valence-electron chi connectivity index (χ4n) is 1.31. The van der Waals surface area contributed by atoms with Gasteiger partial charge in [-0.25, -0.2) is 0 Å². The normalized spacial score (nSPS) is 11.9. The van der Waals surface area contributed by atoms with Gasteiger partial charge in [0.15, 0.2) is 0 Å². The number of benzene rings is 1. The highest BCUT2D eigenvalue weighted by atomic mass is 79.9. The van der Waals surface area contributed by atoms with E-state index in [1.807, 2.05) is 25.1 Å². The van der Waals surface area contributed by atoms with E-state index in [0.717, 1.165) is 12.1 Å². The van der Waals surface area contributed by atoms with Gasteiger partial charge in [-0.3, -0.25) is 4.79 Å². The van der Waals surface area contributed by atoms with Crippen LogP contribution in [0.3, 0.4) is 0 Å². The summed E-state index contributed by atoms with van der Waals surface area (Å²) in [6.45, 7) is 2.98. The number of halogens is 1. The summed E-state index contributed by atoms with van der Waals surface area (Å²) in [5.74, 6) is 0.666. The Balaban J connectivity index is 2.56. The SMILES string of the molecule is CCC(Br)C(=O)Nc1cccc(OCCOC)c1. The first-order valence-corrected chi connectivity index (χ1v) is 6.75. The second kappa shape index (κ2) is 8.11. The van der Waals surface area contributed by atoms with Crippen molar-refractivity contribution in [2.45, 2.75) is 18.2 Å². The van der Waals surface area contributed by atoms with Crippen LogP contribution in [0.15, 0.2) is 24.3 Å². The fraction of sp³-hybridized carbons (Fsp3) is 0.462. The van der Waals surface area contributed by atoms with Crippen LogP contribution in [0.25, 0.3) is 0 Å². The molecule has 0 aromatic heterocycles. The van der Waals surface area contributed by atoms with Gasteiger partial charge in [0.2, 0.25) is 5.91 Å². The average molecular weight is 316 g/mol. The van der Waals surface area contributed by atoms with Crippen molar-refractivity contribution in [1.82, 2.24) is 0 Å². The minimum absolute atomic E-state index is 0.0495. The molecule has 1 aromatic rings. The molecule has 4 nitrogen and oxygen atoms in total. The minimum atomic E-state index is -0.171. The Kier molecular flexibility index (Phi) is 6.75. The van der Waals surface area contributed by atoms with Crippen LogP contribution in [0.1, 0.15) is 13.3 Å². The summed E-state index contributed by atoms with van der Waals surface area (Å²) < 4.78 is 10.4. The predicted octanol–water partition coefficient (Wildman–Crippen LogP) is 2.82. The Morgan fingerprint density at radius 1 is 1.44 bits per heavy atom. The standard InChI is InChI=1S/C13H18BrNO3/c1-3-12(14)13(16)15-10-5-4-6-11(9-10)18-8-7-17-2/h4-6,9,12H,3,7-8H2,1-2H3,(H,15,16). The van der Waals surface area contributed by atoms with Gasteiger partial charge < -0.3 is 14.8 Å². The molecule has 0 fully saturated rings. The van der Waals surface area contributed by atoms with E-state index in [1.54, 1.807) is 13.2 Å². The van der Waals surface area contributed by atoms with Crippen LogP contribution < -0.4 is 10.1 Å². The maximum Gasteiger partial charge on any atom is 0.238 e. The highest BCUT2D eigenvalue weighted by Crippen LogP contribution is 2.18. The molecule has 1 atom stereocenters. The molecular formula is C13H18BrNO3. The number of ether oxygens (including phenoxy) is 2. The molecule has 5 heteroatoms. The van der Waals surface area contributed by atoms with E-state index in [2.05, 4.69) is 21.2 Å². The number of amides is 1. The van der Waals surface area contributed by atoms with Crippen molar-refractivity contribution in [3.05, 3.63) is 24.3 Å². The zero-order valence-corrected chi connectivity index (χ0v) is 12.2. The third-order valence-corrected chi connectivity index (χ3v) is 3.36. The van der Waals surface area contributed by atoms with E-state index < -0.39 is 0 Å². The average Bonchev–Trinajstić information content (AvgIpc) is 2.38. The summed E-state index contributed by atoms with van der Waals surface area (Å²) in [4.78, 5) is 11.5. The first kappa shape index (κ1) is 15.0. The quantitative estimate of drug-likeness (QED) is 0.621. The first-order chi connectivity index (χ1) is 8.67. The summed E-state index contributed by atoms with van der Waals surface area (Å²) in [6, 6.07) is 7.31. The monoisotopic (exact) mass is 315 g/mol. The van der Waals surface area contributed by atoms with Gasteiger partial charge in [-0.1, -0.05) is 28.9 Å². The zero-order valence-electron chi connectivity index (χ0n) is 10.6. The maximum atomic E-state index is 11.7. The van der Waals surface area contributed by atoms with Crippen LogP contribution in [0.4, 0.5) is 5.69 Å². The molecule has 0 aliphatic carbocycles. The van der Waals surface area contributed by atoms with Gasteiger partial charge in [0.25, 0.3) is 0 Å². The number of carbonyl (C=O) groups excluding carboxylic acids is 1. The Morgan fingerprint density at radius 3 is 2.89 bits per heavy atom. The second-order valence-corrected chi connectivity index (χ2v) is 4.84. The van der Waals surface area contributed by atoms with Gasteiger partial charge in [-0.2, -0.15) is 0 Å². The van der Waals surface area contributed by atoms with E-state index in [-0.39, 0.29) is 10.7 Å². The van der Waals surface area contributed by atoms with Crippen LogP contribution in [-0.4, -0.2) is 31.1 Å². The largest absolute Gasteiger partial charge is 0.491 e. The van der Waals surface area contributed by atoms with E-state index in [4.69, 9.17) is 9.47 Å². The lowest BCUT2D eigenvalue weighted by Crippen LogP contribution is -2.21. The number of anilines is 1. The van der Waals surface area contributed by atoms with Crippen LogP contribution in [0.5, 0.6) is 5.75 Å². The van der Waals surface area contributed by atoms with Crippen molar-refractivity contribution < 1.29 is 14.3 Å². The molecule has 1 aromatic carbocycles. The summed E-state index contributed by atoms with van der Waals surface area (Å²) >= 11 is 3.31. The van der Waals surface area contributed by atoms with Crippen LogP contribution >= 0.6 is 15.9 Å². The highest BCUT2D eigenvalue weighted by Gasteiger charge is 2.12. The van der Waals surface area contributed by atoms with Crippen LogP contribution in [0.2, 0.25) is 0 Å². The molecule has 0 heterocycles. The summed E-state index contributed by atoms with van der Waals surface area (Å²) in [5.41, 5.74) is 0.729. The van der Waals surface area contributed by atoms with Gasteiger partial charge in [-0.15, -0.1) is 0 Å². The molecule has 18 heavy (non-hydrogen) atoms. The van der Waals surface area contributed by atoms with Crippen LogP contribution in [-0.2, 0) is 9.53 Å². The van der Waals surface area contributed by atoms with Crippen molar-refractivity contribution in [2.75, 3.05) is 25.6 Å². The number of alkyl halides is 1. The number of hydrogen-bond donors (Lipinski definition) is 1. The van der Waals surface area contributed by atoms with E-state index in [9.17, 15) is 4.79 Å². The molecule has 0 radical (unpaired) electrons. The molecule has 1 N–H and O–H groups in total. The Morgan fingerprint density at radius 2 is 2.22 bits per heavy atom. The minimum Gasteiger partial charge on any atom is -0.491 e. The summed E-state index contributed by atoms with van der Waals surface area (Å²) in [6.07, 6.45) is 0.746. The van der Waals surface area contributed by atoms with E-state index in [1.165, 1.54) is 0 Å². The molecule has 0 aliphatic heterocycles. The molecule has 1 amide bonds. The molecule has 0 saturated heterocycles. The third kappa shape index (κ3) is 5.06. The van der Waals surface area contributed by atoms with Gasteiger partial charge in [0.1, 0.15) is 12.4 Å². The fourth-order valence-corrected chi connectivity index (χ4v) is 1.43. The van der Waals surface area contributed by atoms with Gasteiger partial charge >= 0.3 is 0 Å². The van der Waals surface area contributed by atoms with Crippen molar-refractivity contribution >= 4 is 27.5 Å². The lowest BCUT2D eigenvalue weighted by molar-refractivity contribution is -0.115. The lowest BCUT2D eigenvalue weighted by Gasteiger charge is -2.10. The van der Waals surface area contributed by atoms with Gasteiger partial charge in [0.05, 0.1) is 11.4 Å².